The Labute approximate surface area is 49.9 Å². The summed E-state index contributed by atoms with van der Waals surface area (Å²) in [5.41, 5.74) is 0. The van der Waals surface area contributed by atoms with Crippen LogP contribution in [0.1, 0.15) is 13.3 Å². The maximum Gasteiger partial charge on any atom is 0.0615 e. The molecule has 3 saturated heterocycles. The minimum atomic E-state index is 0.718. The van der Waals surface area contributed by atoms with Crippen LogP contribution >= 0.6 is 0 Å². The standard InChI is InChI=1S/C6H12N2/c1-4-5-3-6(7-5)8(4)2/h4-7H,3H2,1-2H3. The van der Waals surface area contributed by atoms with Crippen molar-refractivity contribution in [3.63, 3.8) is 0 Å². The molecule has 3 atom stereocenters. The number of nitrogens with zero attached hydrogens (tertiary/aromatic N) is 1. The molecule has 2 heteroatoms. The van der Waals surface area contributed by atoms with Gasteiger partial charge >= 0.3 is 0 Å². The number of hydrogen-bond acceptors (Lipinski definition) is 2. The molecule has 8 heavy (non-hydrogen) atoms. The Balaban J connectivity index is 2.16. The number of hydrogen-bond donors (Lipinski definition) is 1. The molecule has 0 aromatic heterocycles. The molecular formula is C6H12N2. The topological polar surface area (TPSA) is 15.3 Å². The molecule has 3 fully saturated rings. The predicted molar refractivity (Wildman–Crippen MR) is 32.6 cm³/mol. The predicted octanol–water partition coefficient (Wildman–Crippen LogP) is 0.00830. The third kappa shape index (κ3) is 0.361. The SMILES string of the molecule is CC1C2CC(N2)N1C. The molecule has 46 valence electrons. The lowest BCUT2D eigenvalue weighted by Crippen LogP contribution is -2.47. The second kappa shape index (κ2) is 1.25. The Morgan fingerprint density at radius 2 is 2.25 bits per heavy atom. The average Bonchev–Trinajstić information content (AvgIpc) is 1.89. The maximum absolute atomic E-state index is 3.44. The van der Waals surface area contributed by atoms with Gasteiger partial charge in [-0.2, -0.15) is 0 Å². The highest BCUT2D eigenvalue weighted by Gasteiger charge is 2.45. The van der Waals surface area contributed by atoms with Crippen molar-refractivity contribution in [3.05, 3.63) is 0 Å². The quantitative estimate of drug-likeness (QED) is 0.475. The fourth-order valence-corrected chi connectivity index (χ4v) is 1.65. The molecule has 2 bridgehead atoms. The van der Waals surface area contributed by atoms with Gasteiger partial charge in [0.05, 0.1) is 6.17 Å². The first-order chi connectivity index (χ1) is 3.79. The Hall–Kier alpha value is -0.0800. The van der Waals surface area contributed by atoms with Crippen molar-refractivity contribution in [2.24, 2.45) is 0 Å². The van der Waals surface area contributed by atoms with E-state index in [0.29, 0.717) is 0 Å². The van der Waals surface area contributed by atoms with E-state index in [1.165, 1.54) is 6.42 Å². The monoisotopic (exact) mass is 112 g/mol. The van der Waals surface area contributed by atoms with E-state index < -0.39 is 0 Å². The van der Waals surface area contributed by atoms with E-state index in [-0.39, 0.29) is 0 Å². The van der Waals surface area contributed by atoms with Crippen molar-refractivity contribution in [2.75, 3.05) is 7.05 Å². The van der Waals surface area contributed by atoms with E-state index in [4.69, 9.17) is 0 Å². The van der Waals surface area contributed by atoms with Gasteiger partial charge in [-0.05, 0) is 20.4 Å². The highest BCUT2D eigenvalue weighted by molar-refractivity contribution is 5.03. The van der Waals surface area contributed by atoms with Gasteiger partial charge in [-0.15, -0.1) is 0 Å². The summed E-state index contributed by atoms with van der Waals surface area (Å²) in [6.45, 7) is 2.28. The van der Waals surface area contributed by atoms with Gasteiger partial charge in [-0.3, -0.25) is 10.2 Å². The lowest BCUT2D eigenvalue weighted by atomic mass is 10.1. The molecule has 1 N–H and O–H groups in total. The molecule has 0 amide bonds. The molecule has 0 aromatic rings. The summed E-state index contributed by atoms with van der Waals surface area (Å²) < 4.78 is 0. The van der Waals surface area contributed by atoms with Crippen molar-refractivity contribution in [2.45, 2.75) is 31.6 Å². The minimum Gasteiger partial charge on any atom is -0.297 e. The average molecular weight is 112 g/mol. The Morgan fingerprint density at radius 3 is 2.38 bits per heavy atom. The maximum atomic E-state index is 3.44. The summed E-state index contributed by atoms with van der Waals surface area (Å²) in [6.07, 6.45) is 2.09. The minimum absolute atomic E-state index is 0.718. The highest BCUT2D eigenvalue weighted by atomic mass is 15.4. The zero-order valence-electron chi connectivity index (χ0n) is 5.39. The number of nitrogens with one attached hydrogen (secondary N) is 1. The van der Waals surface area contributed by atoms with Crippen molar-refractivity contribution in [1.29, 1.82) is 0 Å². The van der Waals surface area contributed by atoms with E-state index in [1.807, 2.05) is 0 Å². The van der Waals surface area contributed by atoms with Crippen LogP contribution in [0.25, 0.3) is 0 Å². The van der Waals surface area contributed by atoms with Gasteiger partial charge in [0.1, 0.15) is 0 Å². The summed E-state index contributed by atoms with van der Waals surface area (Å²) in [5, 5.41) is 3.44. The lowest BCUT2D eigenvalue weighted by molar-refractivity contribution is 0.247. The molecule has 0 aliphatic carbocycles. The van der Waals surface area contributed by atoms with Crippen LogP contribution in [0.2, 0.25) is 0 Å². The molecule has 0 spiro atoms. The van der Waals surface area contributed by atoms with Crippen LogP contribution in [0.3, 0.4) is 0 Å². The van der Waals surface area contributed by atoms with Gasteiger partial charge in [-0.25, -0.2) is 0 Å². The van der Waals surface area contributed by atoms with E-state index in [0.717, 1.165) is 18.2 Å². The van der Waals surface area contributed by atoms with Crippen molar-refractivity contribution >= 4 is 0 Å². The number of likely N-dealkylation sites (N-methyl/N-ethyl adjacent to an activating group) is 1. The molecule has 3 heterocycles. The molecule has 3 aliphatic heterocycles. The highest BCUT2D eigenvalue weighted by Crippen LogP contribution is 2.29. The second-order valence-electron chi connectivity index (χ2n) is 2.93. The largest absolute Gasteiger partial charge is 0.297 e. The first kappa shape index (κ1) is 4.77. The van der Waals surface area contributed by atoms with Gasteiger partial charge in [0.15, 0.2) is 0 Å². The van der Waals surface area contributed by atoms with Gasteiger partial charge in [0, 0.05) is 12.1 Å². The molecule has 3 aliphatic rings. The summed E-state index contributed by atoms with van der Waals surface area (Å²) in [4.78, 5) is 2.41. The summed E-state index contributed by atoms with van der Waals surface area (Å²) in [7, 11) is 2.19. The molecule has 3 rings (SSSR count). The van der Waals surface area contributed by atoms with Crippen LogP contribution < -0.4 is 5.32 Å². The van der Waals surface area contributed by atoms with Crippen LogP contribution in [0.4, 0.5) is 0 Å². The van der Waals surface area contributed by atoms with Gasteiger partial charge in [0.25, 0.3) is 0 Å². The fraction of sp³-hybridized carbons (Fsp3) is 1.00. The Bertz CT molecular complexity index is 95.1. The second-order valence-corrected chi connectivity index (χ2v) is 2.93. The van der Waals surface area contributed by atoms with E-state index in [2.05, 4.69) is 24.2 Å². The van der Waals surface area contributed by atoms with Crippen LogP contribution in [-0.4, -0.2) is 30.2 Å². The molecular weight excluding hydrogens is 100 g/mol. The van der Waals surface area contributed by atoms with Crippen LogP contribution in [-0.2, 0) is 0 Å². The fourth-order valence-electron chi connectivity index (χ4n) is 1.65. The smallest absolute Gasteiger partial charge is 0.0615 e. The van der Waals surface area contributed by atoms with E-state index >= 15 is 0 Å². The zero-order chi connectivity index (χ0) is 5.72. The first-order valence-corrected chi connectivity index (χ1v) is 3.27. The van der Waals surface area contributed by atoms with Crippen molar-refractivity contribution in [3.8, 4) is 0 Å². The zero-order valence-corrected chi connectivity index (χ0v) is 5.39. The van der Waals surface area contributed by atoms with Crippen LogP contribution in [0.15, 0.2) is 0 Å². The van der Waals surface area contributed by atoms with E-state index in [1.54, 1.807) is 0 Å². The summed E-state index contributed by atoms with van der Waals surface area (Å²) in [5.74, 6) is 0. The van der Waals surface area contributed by atoms with Crippen molar-refractivity contribution in [1.82, 2.24) is 10.2 Å². The van der Waals surface area contributed by atoms with Gasteiger partial charge in [0.2, 0.25) is 0 Å². The first-order valence-electron chi connectivity index (χ1n) is 3.27. The third-order valence-electron chi connectivity index (χ3n) is 2.60. The number of rotatable bonds is 0. The number of fused-ring (bicyclic) bond motifs is 1. The Morgan fingerprint density at radius 1 is 1.62 bits per heavy atom. The normalized spacial score (nSPS) is 54.0. The molecule has 3 unspecified atom stereocenters. The van der Waals surface area contributed by atoms with E-state index in [9.17, 15) is 0 Å². The van der Waals surface area contributed by atoms with Crippen molar-refractivity contribution < 1.29 is 0 Å². The molecule has 0 saturated carbocycles. The van der Waals surface area contributed by atoms with Gasteiger partial charge in [-0.1, -0.05) is 0 Å². The van der Waals surface area contributed by atoms with Crippen LogP contribution in [0, 0.1) is 0 Å². The third-order valence-corrected chi connectivity index (χ3v) is 2.60. The van der Waals surface area contributed by atoms with Crippen LogP contribution in [0.5, 0.6) is 0 Å². The Kier molecular flexibility index (Phi) is 0.746. The molecule has 2 nitrogen and oxygen atoms in total. The lowest BCUT2D eigenvalue weighted by Gasteiger charge is -2.25. The molecule has 0 radical (unpaired) electrons. The summed E-state index contributed by atoms with van der Waals surface area (Å²) in [6, 6.07) is 1.59. The van der Waals surface area contributed by atoms with Gasteiger partial charge < -0.3 is 0 Å². The molecule has 0 aromatic carbocycles. The summed E-state index contributed by atoms with van der Waals surface area (Å²) >= 11 is 0.